The second-order valence-electron chi connectivity index (χ2n) is 6.80. The van der Waals surface area contributed by atoms with Crippen LogP contribution in [0.1, 0.15) is 39.0 Å². The molecule has 0 fully saturated rings. The molecule has 0 saturated carbocycles. The summed E-state index contributed by atoms with van der Waals surface area (Å²) in [5, 5.41) is 25.1. The quantitative estimate of drug-likeness (QED) is 0.118. The summed E-state index contributed by atoms with van der Waals surface area (Å²) in [6, 6.07) is -3.64. The molecule has 0 aromatic heterocycles. The average Bonchev–Trinajstić information content (AvgIpc) is 2.66. The number of carboxylic acid groups (broad SMARTS) is 1. The Morgan fingerprint density at radius 1 is 0.967 bits per heavy atom. The molecule has 0 aliphatic carbocycles. The molecule has 13 heteroatoms. The molecule has 0 rings (SSSR count). The average molecular weight is 432 g/mol. The van der Waals surface area contributed by atoms with Gasteiger partial charge in [0, 0.05) is 6.42 Å². The topological polar surface area (TPSA) is 240 Å². The van der Waals surface area contributed by atoms with Crippen LogP contribution >= 0.6 is 0 Å². The van der Waals surface area contributed by atoms with Gasteiger partial charge in [0.1, 0.15) is 18.6 Å². The van der Waals surface area contributed by atoms with Crippen molar-refractivity contribution in [1.29, 1.82) is 0 Å². The molecule has 4 atom stereocenters. The number of unbranched alkanes of at least 4 members (excludes halogenated alkanes) is 1. The number of aliphatic carboxylic acids is 1. The minimum absolute atomic E-state index is 0.161. The normalized spacial score (nSPS) is 14.7. The minimum Gasteiger partial charge on any atom is -0.480 e. The van der Waals surface area contributed by atoms with Crippen molar-refractivity contribution in [2.45, 2.75) is 63.3 Å². The van der Waals surface area contributed by atoms with Crippen LogP contribution in [-0.4, -0.2) is 77.1 Å². The van der Waals surface area contributed by atoms with Gasteiger partial charge in [0.25, 0.3) is 0 Å². The molecule has 0 saturated heterocycles. The second kappa shape index (κ2) is 14.3. The number of carbonyl (C=O) groups is 5. The van der Waals surface area contributed by atoms with E-state index in [1.165, 1.54) is 6.92 Å². The van der Waals surface area contributed by atoms with Gasteiger partial charge in [-0.3, -0.25) is 24.0 Å². The van der Waals surface area contributed by atoms with Crippen molar-refractivity contribution in [2.75, 3.05) is 13.1 Å². The molecular formula is C17H32N6O7. The summed E-state index contributed by atoms with van der Waals surface area (Å²) in [6.45, 7) is 0.954. The maximum absolute atomic E-state index is 12.6. The Labute approximate surface area is 174 Å². The fraction of sp³-hybridized carbons (Fsp3) is 0.706. The minimum atomic E-state index is -1.48. The highest BCUT2D eigenvalue weighted by molar-refractivity contribution is 5.94. The first-order valence-corrected chi connectivity index (χ1v) is 9.51. The van der Waals surface area contributed by atoms with Crippen molar-refractivity contribution in [3.63, 3.8) is 0 Å². The summed E-state index contributed by atoms with van der Waals surface area (Å²) < 4.78 is 0. The van der Waals surface area contributed by atoms with Crippen molar-refractivity contribution in [2.24, 2.45) is 17.2 Å². The molecule has 0 heterocycles. The van der Waals surface area contributed by atoms with Crippen LogP contribution in [0.3, 0.4) is 0 Å². The van der Waals surface area contributed by atoms with E-state index in [4.69, 9.17) is 22.3 Å². The van der Waals surface area contributed by atoms with Gasteiger partial charge in [-0.15, -0.1) is 0 Å². The van der Waals surface area contributed by atoms with E-state index in [9.17, 15) is 29.1 Å². The van der Waals surface area contributed by atoms with E-state index in [2.05, 4.69) is 10.6 Å². The van der Waals surface area contributed by atoms with E-state index < -0.39 is 60.4 Å². The number of aliphatic hydroxyl groups is 1. The van der Waals surface area contributed by atoms with E-state index in [1.54, 1.807) is 0 Å². The van der Waals surface area contributed by atoms with E-state index in [0.717, 1.165) is 0 Å². The van der Waals surface area contributed by atoms with E-state index >= 15 is 0 Å². The zero-order valence-electron chi connectivity index (χ0n) is 16.9. The van der Waals surface area contributed by atoms with Gasteiger partial charge in [-0.05, 0) is 32.7 Å². The largest absolute Gasteiger partial charge is 0.480 e. The maximum Gasteiger partial charge on any atom is 0.322 e. The van der Waals surface area contributed by atoms with Crippen LogP contribution in [0.25, 0.3) is 0 Å². The van der Waals surface area contributed by atoms with Crippen LogP contribution < -0.4 is 33.2 Å². The summed E-state index contributed by atoms with van der Waals surface area (Å²) in [5.41, 5.74) is 16.3. The number of aliphatic hydroxyl groups excluding tert-OH is 1. The Balaban J connectivity index is 5.16. The Kier molecular flexibility index (Phi) is 12.9. The molecule has 0 bridgehead atoms. The molecule has 4 unspecified atom stereocenters. The Morgan fingerprint density at radius 3 is 2.10 bits per heavy atom. The van der Waals surface area contributed by atoms with E-state index in [0.29, 0.717) is 25.8 Å². The standard InChI is InChI=1S/C17H32N6O7/c1-9(24)14(17(30)21-8-13(26)27)23-16(29)11(5-6-12(20)25)22-15(28)10(19)4-2-3-7-18/h9-11,14,24H,2-8,18-19H2,1H3,(H2,20,25)(H,21,30)(H,22,28)(H,23,29)(H,26,27). The molecule has 30 heavy (non-hydrogen) atoms. The van der Waals surface area contributed by atoms with Crippen molar-refractivity contribution < 1.29 is 34.2 Å². The first kappa shape index (κ1) is 27.2. The molecule has 0 aromatic rings. The van der Waals surface area contributed by atoms with Gasteiger partial charge in [0.2, 0.25) is 23.6 Å². The van der Waals surface area contributed by atoms with Gasteiger partial charge < -0.3 is 43.4 Å². The predicted octanol–water partition coefficient (Wildman–Crippen LogP) is -3.74. The summed E-state index contributed by atoms with van der Waals surface area (Å²) in [4.78, 5) is 58.6. The van der Waals surface area contributed by atoms with Crippen LogP contribution in [0.5, 0.6) is 0 Å². The van der Waals surface area contributed by atoms with Gasteiger partial charge >= 0.3 is 5.97 Å². The van der Waals surface area contributed by atoms with Gasteiger partial charge in [0.05, 0.1) is 12.1 Å². The molecular weight excluding hydrogens is 400 g/mol. The van der Waals surface area contributed by atoms with Crippen molar-refractivity contribution in [1.82, 2.24) is 16.0 Å². The van der Waals surface area contributed by atoms with Crippen molar-refractivity contribution in [3.05, 3.63) is 0 Å². The summed E-state index contributed by atoms with van der Waals surface area (Å²) in [5.74, 6) is -4.45. The van der Waals surface area contributed by atoms with Gasteiger partial charge in [-0.25, -0.2) is 0 Å². The van der Waals surface area contributed by atoms with Crippen LogP contribution in [0, 0.1) is 0 Å². The predicted molar refractivity (Wildman–Crippen MR) is 105 cm³/mol. The zero-order chi connectivity index (χ0) is 23.3. The molecule has 0 aliphatic heterocycles. The zero-order valence-corrected chi connectivity index (χ0v) is 16.9. The number of hydrogen-bond donors (Lipinski definition) is 8. The molecule has 0 aliphatic rings. The van der Waals surface area contributed by atoms with Crippen LogP contribution in [-0.2, 0) is 24.0 Å². The highest BCUT2D eigenvalue weighted by atomic mass is 16.4. The molecule has 0 aromatic carbocycles. The molecule has 0 radical (unpaired) electrons. The van der Waals surface area contributed by atoms with Gasteiger partial charge in [0.15, 0.2) is 0 Å². The second-order valence-corrected chi connectivity index (χ2v) is 6.80. The lowest BCUT2D eigenvalue weighted by molar-refractivity contribution is -0.139. The molecule has 172 valence electrons. The summed E-state index contributed by atoms with van der Waals surface area (Å²) in [6.07, 6.45) is -0.141. The fourth-order valence-electron chi connectivity index (χ4n) is 2.41. The molecule has 4 amide bonds. The van der Waals surface area contributed by atoms with Crippen molar-refractivity contribution in [3.8, 4) is 0 Å². The third-order valence-corrected chi connectivity index (χ3v) is 4.09. The Bertz CT molecular complexity index is 613. The van der Waals surface area contributed by atoms with Gasteiger partial charge in [-0.2, -0.15) is 0 Å². The number of nitrogens with two attached hydrogens (primary N) is 3. The third-order valence-electron chi connectivity index (χ3n) is 4.09. The van der Waals surface area contributed by atoms with Crippen molar-refractivity contribution >= 4 is 29.6 Å². The highest BCUT2D eigenvalue weighted by Crippen LogP contribution is 2.04. The van der Waals surface area contributed by atoms with Crippen LogP contribution in [0.4, 0.5) is 0 Å². The number of rotatable bonds is 15. The summed E-state index contributed by atoms with van der Waals surface area (Å²) >= 11 is 0. The molecule has 13 nitrogen and oxygen atoms in total. The lowest BCUT2D eigenvalue weighted by Crippen LogP contribution is -2.58. The number of hydrogen-bond acceptors (Lipinski definition) is 8. The summed E-state index contributed by atoms with van der Waals surface area (Å²) in [7, 11) is 0. The number of carbonyl (C=O) groups excluding carboxylic acids is 4. The molecule has 0 spiro atoms. The van der Waals surface area contributed by atoms with Crippen LogP contribution in [0.2, 0.25) is 0 Å². The molecule has 11 N–H and O–H groups in total. The van der Waals surface area contributed by atoms with E-state index in [-0.39, 0.29) is 12.8 Å². The lowest BCUT2D eigenvalue weighted by atomic mass is 10.1. The number of primary amides is 1. The Hall–Kier alpha value is -2.77. The number of carboxylic acids is 1. The SMILES string of the molecule is CC(O)C(NC(=O)C(CCC(N)=O)NC(=O)C(N)CCCCN)C(=O)NCC(=O)O. The van der Waals surface area contributed by atoms with E-state index in [1.807, 2.05) is 5.32 Å². The smallest absolute Gasteiger partial charge is 0.322 e. The Morgan fingerprint density at radius 2 is 1.60 bits per heavy atom. The fourth-order valence-corrected chi connectivity index (χ4v) is 2.41. The lowest BCUT2D eigenvalue weighted by Gasteiger charge is -2.25. The monoisotopic (exact) mass is 432 g/mol. The first-order chi connectivity index (χ1) is 14.0. The highest BCUT2D eigenvalue weighted by Gasteiger charge is 2.30. The van der Waals surface area contributed by atoms with Crippen LogP contribution in [0.15, 0.2) is 0 Å². The number of nitrogens with one attached hydrogen (secondary N) is 3. The maximum atomic E-state index is 12.6. The third kappa shape index (κ3) is 11.3. The number of amides is 4. The van der Waals surface area contributed by atoms with Gasteiger partial charge in [-0.1, -0.05) is 6.42 Å². The first-order valence-electron chi connectivity index (χ1n) is 9.51.